The predicted octanol–water partition coefficient (Wildman–Crippen LogP) is 3.28. The first-order valence-corrected chi connectivity index (χ1v) is 8.49. The molecular weight excluding hydrogens is 304 g/mol. The molecule has 6 heteroatoms. The van der Waals surface area contributed by atoms with Crippen molar-refractivity contribution in [3.63, 3.8) is 0 Å². The zero-order valence-corrected chi connectivity index (χ0v) is 13.9. The van der Waals surface area contributed by atoms with Gasteiger partial charge in [-0.1, -0.05) is 0 Å². The minimum atomic E-state index is -0.0445. The summed E-state index contributed by atoms with van der Waals surface area (Å²) >= 11 is 0. The zero-order chi connectivity index (χ0) is 16.4. The number of rotatable bonds is 5. The topological polar surface area (TPSA) is 65.0 Å². The van der Waals surface area contributed by atoms with E-state index in [4.69, 9.17) is 9.47 Å². The van der Waals surface area contributed by atoms with Crippen molar-refractivity contribution in [1.29, 1.82) is 0 Å². The number of ether oxygens (including phenoxy) is 2. The summed E-state index contributed by atoms with van der Waals surface area (Å²) in [5.41, 5.74) is 4.27. The van der Waals surface area contributed by atoms with Crippen LogP contribution in [0.3, 0.4) is 0 Å². The van der Waals surface area contributed by atoms with Gasteiger partial charge in [0.2, 0.25) is 0 Å². The maximum Gasteiger partial charge on any atom is 0.157 e. The van der Waals surface area contributed by atoms with Crippen LogP contribution in [0.2, 0.25) is 0 Å². The highest BCUT2D eigenvalue weighted by molar-refractivity contribution is 5.84. The lowest BCUT2D eigenvalue weighted by Gasteiger charge is -2.22. The molecule has 0 bridgehead atoms. The Hall–Kier alpha value is -2.18. The van der Waals surface area contributed by atoms with Gasteiger partial charge in [-0.3, -0.25) is 4.68 Å². The maximum atomic E-state index is 5.77. The number of aryl methyl sites for hydroxylation is 1. The van der Waals surface area contributed by atoms with Crippen LogP contribution in [0.5, 0.6) is 0 Å². The Labute approximate surface area is 140 Å². The van der Waals surface area contributed by atoms with Crippen molar-refractivity contribution >= 4 is 11.0 Å². The van der Waals surface area contributed by atoms with E-state index in [0.29, 0.717) is 6.61 Å². The number of hydrogen-bond acceptors (Lipinski definition) is 4. The van der Waals surface area contributed by atoms with E-state index in [1.54, 1.807) is 0 Å². The Kier molecular flexibility index (Phi) is 4.32. The van der Waals surface area contributed by atoms with Gasteiger partial charge in [-0.25, -0.2) is 4.98 Å². The van der Waals surface area contributed by atoms with Gasteiger partial charge in [0.25, 0.3) is 0 Å². The van der Waals surface area contributed by atoms with E-state index >= 15 is 0 Å². The summed E-state index contributed by atoms with van der Waals surface area (Å²) < 4.78 is 13.2. The van der Waals surface area contributed by atoms with E-state index in [9.17, 15) is 0 Å². The lowest BCUT2D eigenvalue weighted by molar-refractivity contribution is -0.163. The molecule has 1 N–H and O–H groups in total. The number of aromatic amines is 1. The van der Waals surface area contributed by atoms with Gasteiger partial charge in [-0.05, 0) is 37.8 Å². The molecule has 3 aromatic heterocycles. The molecule has 0 spiro atoms. The molecule has 1 atom stereocenters. The summed E-state index contributed by atoms with van der Waals surface area (Å²) in [7, 11) is 0. The second kappa shape index (κ2) is 6.75. The number of fused-ring (bicyclic) bond motifs is 1. The minimum absolute atomic E-state index is 0.0445. The largest absolute Gasteiger partial charge is 0.353 e. The van der Waals surface area contributed by atoms with E-state index in [1.807, 2.05) is 29.5 Å². The normalized spacial score (nSPS) is 18.3. The molecule has 0 aromatic carbocycles. The molecule has 1 fully saturated rings. The Morgan fingerprint density at radius 1 is 1.33 bits per heavy atom. The monoisotopic (exact) mass is 326 g/mol. The number of aromatic nitrogens is 4. The van der Waals surface area contributed by atoms with Crippen molar-refractivity contribution in [3.05, 3.63) is 36.4 Å². The Morgan fingerprint density at radius 3 is 3.17 bits per heavy atom. The molecule has 126 valence electrons. The van der Waals surface area contributed by atoms with Gasteiger partial charge in [0.05, 0.1) is 19.3 Å². The maximum absolute atomic E-state index is 5.77. The molecule has 4 heterocycles. The fourth-order valence-electron chi connectivity index (χ4n) is 3.05. The average Bonchev–Trinajstić information content (AvgIpc) is 3.23. The molecule has 24 heavy (non-hydrogen) atoms. The lowest BCUT2D eigenvalue weighted by Crippen LogP contribution is -2.24. The Morgan fingerprint density at radius 2 is 2.29 bits per heavy atom. The molecule has 0 saturated carbocycles. The van der Waals surface area contributed by atoms with E-state index in [1.165, 1.54) is 12.0 Å². The number of nitrogens with one attached hydrogen (secondary N) is 1. The van der Waals surface area contributed by atoms with Crippen molar-refractivity contribution in [2.24, 2.45) is 0 Å². The third-order valence-corrected chi connectivity index (χ3v) is 4.47. The van der Waals surface area contributed by atoms with Crippen LogP contribution in [0.25, 0.3) is 22.2 Å². The van der Waals surface area contributed by atoms with Gasteiger partial charge < -0.3 is 14.5 Å². The van der Waals surface area contributed by atoms with Crippen LogP contribution in [0, 0.1) is 6.92 Å². The second-order valence-corrected chi connectivity index (χ2v) is 6.25. The molecule has 4 rings (SSSR count). The predicted molar refractivity (Wildman–Crippen MR) is 91.6 cm³/mol. The van der Waals surface area contributed by atoms with Crippen LogP contribution in [0.4, 0.5) is 0 Å². The molecule has 0 radical (unpaired) electrons. The standard InChI is InChI=1S/C18H22N4O2/c1-13-9-19-18-16(13)8-14(10-20-18)15-11-21-22(12-15)5-7-24-17-4-2-3-6-23-17/h8-12,17H,2-7H2,1H3,(H,19,20). The number of H-pyrrole nitrogens is 1. The van der Waals surface area contributed by atoms with Crippen molar-refractivity contribution in [2.45, 2.75) is 39.0 Å². The quantitative estimate of drug-likeness (QED) is 0.781. The Balaban J connectivity index is 1.40. The zero-order valence-electron chi connectivity index (χ0n) is 13.9. The summed E-state index contributed by atoms with van der Waals surface area (Å²) in [5, 5.41) is 5.58. The highest BCUT2D eigenvalue weighted by atomic mass is 16.7. The summed E-state index contributed by atoms with van der Waals surface area (Å²) in [6, 6.07) is 2.15. The van der Waals surface area contributed by atoms with Crippen molar-refractivity contribution in [3.8, 4) is 11.1 Å². The highest BCUT2D eigenvalue weighted by Gasteiger charge is 2.13. The van der Waals surface area contributed by atoms with Gasteiger partial charge in [0.15, 0.2) is 6.29 Å². The molecule has 1 saturated heterocycles. The summed E-state index contributed by atoms with van der Waals surface area (Å²) in [6.07, 6.45) is 11.1. The highest BCUT2D eigenvalue weighted by Crippen LogP contribution is 2.24. The number of pyridine rings is 1. The van der Waals surface area contributed by atoms with E-state index in [0.717, 1.165) is 48.2 Å². The van der Waals surface area contributed by atoms with Gasteiger partial charge in [-0.15, -0.1) is 0 Å². The third-order valence-electron chi connectivity index (χ3n) is 4.47. The van der Waals surface area contributed by atoms with Crippen molar-refractivity contribution in [2.75, 3.05) is 13.2 Å². The van der Waals surface area contributed by atoms with Crippen LogP contribution < -0.4 is 0 Å². The first kappa shape index (κ1) is 15.4. The molecule has 1 unspecified atom stereocenters. The van der Waals surface area contributed by atoms with Crippen molar-refractivity contribution in [1.82, 2.24) is 19.7 Å². The first-order chi connectivity index (χ1) is 11.8. The molecule has 1 aliphatic rings. The molecule has 3 aromatic rings. The Bertz CT molecular complexity index is 817. The SMILES string of the molecule is Cc1c[nH]c2ncc(-c3cnn(CCOC4CCCCO4)c3)cc12. The number of hydrogen-bond donors (Lipinski definition) is 1. The molecule has 0 amide bonds. The van der Waals surface area contributed by atoms with Crippen LogP contribution >= 0.6 is 0 Å². The second-order valence-electron chi connectivity index (χ2n) is 6.25. The fraction of sp³-hybridized carbons (Fsp3) is 0.444. The van der Waals surface area contributed by atoms with E-state index in [-0.39, 0.29) is 6.29 Å². The lowest BCUT2D eigenvalue weighted by atomic mass is 10.1. The molecule has 1 aliphatic heterocycles. The van der Waals surface area contributed by atoms with Crippen LogP contribution in [0.15, 0.2) is 30.9 Å². The molecule has 0 aliphatic carbocycles. The molecular formula is C18H22N4O2. The molecule has 6 nitrogen and oxygen atoms in total. The third kappa shape index (κ3) is 3.20. The fourth-order valence-corrected chi connectivity index (χ4v) is 3.05. The van der Waals surface area contributed by atoms with Crippen LogP contribution in [-0.4, -0.2) is 39.3 Å². The summed E-state index contributed by atoms with van der Waals surface area (Å²) in [6.45, 7) is 4.22. The van der Waals surface area contributed by atoms with Gasteiger partial charge in [-0.2, -0.15) is 5.10 Å². The first-order valence-electron chi connectivity index (χ1n) is 8.49. The van der Waals surface area contributed by atoms with E-state index in [2.05, 4.69) is 28.1 Å². The summed E-state index contributed by atoms with van der Waals surface area (Å²) in [5.74, 6) is 0. The van der Waals surface area contributed by atoms with Crippen LogP contribution in [-0.2, 0) is 16.0 Å². The van der Waals surface area contributed by atoms with E-state index < -0.39 is 0 Å². The van der Waals surface area contributed by atoms with Crippen molar-refractivity contribution < 1.29 is 9.47 Å². The van der Waals surface area contributed by atoms with Gasteiger partial charge in [0, 0.05) is 41.7 Å². The van der Waals surface area contributed by atoms with Gasteiger partial charge in [0.1, 0.15) is 5.65 Å². The smallest absolute Gasteiger partial charge is 0.157 e. The van der Waals surface area contributed by atoms with Crippen LogP contribution in [0.1, 0.15) is 24.8 Å². The summed E-state index contributed by atoms with van der Waals surface area (Å²) in [4.78, 5) is 7.65. The van der Waals surface area contributed by atoms with Gasteiger partial charge >= 0.3 is 0 Å². The minimum Gasteiger partial charge on any atom is -0.353 e. The number of nitrogens with zero attached hydrogens (tertiary/aromatic N) is 3. The average molecular weight is 326 g/mol.